The molecule has 0 aliphatic carbocycles. The lowest BCUT2D eigenvalue weighted by Gasteiger charge is -2.03. The van der Waals surface area contributed by atoms with E-state index in [-0.39, 0.29) is 6.61 Å². The molecule has 6 rings (SSSR count). The highest BCUT2D eigenvalue weighted by molar-refractivity contribution is 7.12. The number of hydrogen-bond donors (Lipinski definition) is 0. The van der Waals surface area contributed by atoms with Gasteiger partial charge in [0.05, 0.1) is 16.0 Å². The minimum Gasteiger partial charge on any atom is -0.437 e. The Hall–Kier alpha value is -4.30. The maximum atomic E-state index is 6.27. The predicted molar refractivity (Wildman–Crippen MR) is 133 cm³/mol. The summed E-state index contributed by atoms with van der Waals surface area (Å²) in [7, 11) is 0. The Morgan fingerprint density at radius 2 is 1.76 bits per heavy atom. The molecule has 4 aromatic heterocycles. The van der Waals surface area contributed by atoms with Gasteiger partial charge in [-0.05, 0) is 23.9 Å². The summed E-state index contributed by atoms with van der Waals surface area (Å²) in [6.45, 7) is 2.06. The van der Waals surface area contributed by atoms with Gasteiger partial charge in [0.25, 0.3) is 0 Å². The summed E-state index contributed by atoms with van der Waals surface area (Å²) in [4.78, 5) is 15.9. The Morgan fingerprint density at radius 1 is 1.00 bits per heavy atom. The number of furan rings is 1. The maximum Gasteiger partial charge on any atom is 0.232 e. The summed E-state index contributed by atoms with van der Waals surface area (Å²) < 4.78 is 7.93. The Morgan fingerprint density at radius 3 is 2.50 bits per heavy atom. The van der Waals surface area contributed by atoms with Crippen LogP contribution in [0.15, 0.2) is 94.1 Å². The van der Waals surface area contributed by atoms with Crippen LogP contribution in [0.2, 0.25) is 0 Å². The van der Waals surface area contributed by atoms with E-state index in [0.717, 1.165) is 38.4 Å². The fourth-order valence-electron chi connectivity index (χ4n) is 3.89. The van der Waals surface area contributed by atoms with Gasteiger partial charge in [-0.1, -0.05) is 71.9 Å². The minimum absolute atomic E-state index is 0.149. The largest absolute Gasteiger partial charge is 0.437 e. The van der Waals surface area contributed by atoms with Crippen LogP contribution >= 0.6 is 11.3 Å². The van der Waals surface area contributed by atoms with Gasteiger partial charge in [-0.25, -0.2) is 14.5 Å². The van der Waals surface area contributed by atoms with Gasteiger partial charge in [-0.2, -0.15) is 0 Å². The van der Waals surface area contributed by atoms with Gasteiger partial charge >= 0.3 is 0 Å². The molecule has 7 nitrogen and oxygen atoms in total. The summed E-state index contributed by atoms with van der Waals surface area (Å²) in [5.41, 5.74) is 4.91. The van der Waals surface area contributed by atoms with Crippen LogP contribution in [0.25, 0.3) is 39.2 Å². The molecule has 0 amide bonds. The molecule has 0 fully saturated rings. The van der Waals surface area contributed by atoms with Crippen LogP contribution in [0.3, 0.4) is 0 Å². The Bertz CT molecular complexity index is 1600. The van der Waals surface area contributed by atoms with Crippen LogP contribution in [-0.4, -0.2) is 25.3 Å². The van der Waals surface area contributed by atoms with Gasteiger partial charge in [-0.3, -0.25) is 0 Å². The highest BCUT2D eigenvalue weighted by atomic mass is 32.1. The molecule has 0 bridgehead atoms. The molecule has 0 N–H and O–H groups in total. The first-order chi connectivity index (χ1) is 16.8. The topological polar surface area (TPSA) is 77.8 Å². The van der Waals surface area contributed by atoms with E-state index in [2.05, 4.69) is 27.4 Å². The van der Waals surface area contributed by atoms with Crippen molar-refractivity contribution in [3.05, 3.63) is 95.2 Å². The van der Waals surface area contributed by atoms with E-state index >= 15 is 0 Å². The van der Waals surface area contributed by atoms with Crippen molar-refractivity contribution in [1.29, 1.82) is 0 Å². The highest BCUT2D eigenvalue weighted by Gasteiger charge is 2.22. The average Bonchev–Trinajstić information content (AvgIpc) is 3.63. The third kappa shape index (κ3) is 3.64. The van der Waals surface area contributed by atoms with Gasteiger partial charge in [-0.15, -0.1) is 16.4 Å². The maximum absolute atomic E-state index is 6.27. The van der Waals surface area contributed by atoms with Gasteiger partial charge in [0.1, 0.15) is 12.1 Å². The number of benzene rings is 2. The minimum atomic E-state index is 0.149. The van der Waals surface area contributed by atoms with Crippen molar-refractivity contribution in [1.82, 2.24) is 19.6 Å². The lowest BCUT2D eigenvalue weighted by Crippen LogP contribution is -1.96. The standard InChI is InChI=1S/C26H19N5O2S/c1-17(20-13-8-14-34-20)30-32-15-21-28-25-23-22(18-9-4-2-5-10-18)24(19-11-6-3-7-12-19)33-26(23)27-16-31(25)29-21/h2-14,16H,15H2,1H3/b30-17+. The number of fused-ring (bicyclic) bond motifs is 3. The molecule has 0 aliphatic rings. The molecular weight excluding hydrogens is 446 g/mol. The Kier molecular flexibility index (Phi) is 5.12. The SMILES string of the molecule is C/C(=N\OCc1nc2c3c(-c4ccccc4)c(-c4ccccc4)oc3ncn2n1)c1cccs1. The quantitative estimate of drug-likeness (QED) is 0.216. The lowest BCUT2D eigenvalue weighted by molar-refractivity contribution is 0.125. The zero-order chi connectivity index (χ0) is 22.9. The second-order valence-electron chi connectivity index (χ2n) is 7.69. The molecule has 8 heteroatoms. The molecule has 2 aromatic carbocycles. The van der Waals surface area contributed by atoms with Crippen molar-refractivity contribution in [2.45, 2.75) is 13.5 Å². The van der Waals surface area contributed by atoms with Gasteiger partial charge in [0, 0.05) is 11.1 Å². The molecule has 0 unspecified atom stereocenters. The molecule has 0 spiro atoms. The van der Waals surface area contributed by atoms with Crippen LogP contribution in [0.4, 0.5) is 0 Å². The van der Waals surface area contributed by atoms with Crippen molar-refractivity contribution in [3.8, 4) is 22.5 Å². The number of hydrogen-bond acceptors (Lipinski definition) is 7. The molecule has 0 aliphatic heterocycles. The van der Waals surface area contributed by atoms with Crippen molar-refractivity contribution in [2.24, 2.45) is 5.16 Å². The lowest BCUT2D eigenvalue weighted by atomic mass is 9.99. The smallest absolute Gasteiger partial charge is 0.232 e. The summed E-state index contributed by atoms with van der Waals surface area (Å²) in [6, 6.07) is 24.1. The number of thiophene rings is 1. The van der Waals surface area contributed by atoms with Crippen LogP contribution in [0.1, 0.15) is 17.6 Å². The third-order valence-electron chi connectivity index (χ3n) is 5.44. The van der Waals surface area contributed by atoms with Crippen molar-refractivity contribution in [3.63, 3.8) is 0 Å². The zero-order valence-electron chi connectivity index (χ0n) is 18.3. The summed E-state index contributed by atoms with van der Waals surface area (Å²) >= 11 is 1.62. The molecule has 0 saturated heterocycles. The molecule has 4 heterocycles. The summed E-state index contributed by atoms with van der Waals surface area (Å²) in [6.07, 6.45) is 1.61. The fourth-order valence-corrected chi connectivity index (χ4v) is 4.56. The highest BCUT2D eigenvalue weighted by Crippen LogP contribution is 2.41. The van der Waals surface area contributed by atoms with E-state index in [0.29, 0.717) is 17.2 Å². The first kappa shape index (κ1) is 20.3. The van der Waals surface area contributed by atoms with Gasteiger partial charge in [0.15, 0.2) is 18.1 Å². The van der Waals surface area contributed by atoms with Crippen molar-refractivity contribution < 1.29 is 9.25 Å². The van der Waals surface area contributed by atoms with Crippen molar-refractivity contribution >= 4 is 33.8 Å². The Labute approximate surface area is 199 Å². The number of aromatic nitrogens is 4. The molecule has 34 heavy (non-hydrogen) atoms. The Balaban J connectivity index is 1.45. The zero-order valence-corrected chi connectivity index (χ0v) is 19.1. The predicted octanol–water partition coefficient (Wildman–Crippen LogP) is 6.21. The average molecular weight is 466 g/mol. The number of rotatable bonds is 6. The first-order valence-corrected chi connectivity index (χ1v) is 11.6. The van der Waals surface area contributed by atoms with Crippen LogP contribution in [0.5, 0.6) is 0 Å². The normalized spacial score (nSPS) is 12.0. The van der Waals surface area contributed by atoms with E-state index < -0.39 is 0 Å². The van der Waals surface area contributed by atoms with E-state index in [9.17, 15) is 0 Å². The van der Waals surface area contributed by atoms with Crippen LogP contribution < -0.4 is 0 Å². The van der Waals surface area contributed by atoms with E-state index in [1.54, 1.807) is 22.2 Å². The van der Waals surface area contributed by atoms with Gasteiger partial charge in [0.2, 0.25) is 5.71 Å². The van der Waals surface area contributed by atoms with Crippen molar-refractivity contribution in [2.75, 3.05) is 0 Å². The molecule has 0 saturated carbocycles. The second kappa shape index (κ2) is 8.57. The monoisotopic (exact) mass is 465 g/mol. The van der Waals surface area contributed by atoms with Crippen LogP contribution in [-0.2, 0) is 11.4 Å². The van der Waals surface area contributed by atoms with Crippen LogP contribution in [0, 0.1) is 0 Å². The van der Waals surface area contributed by atoms with E-state index in [4.69, 9.17) is 14.2 Å². The summed E-state index contributed by atoms with van der Waals surface area (Å²) in [5.74, 6) is 1.26. The molecule has 0 atom stereocenters. The first-order valence-electron chi connectivity index (χ1n) is 10.8. The molecule has 0 radical (unpaired) electrons. The summed E-state index contributed by atoms with van der Waals surface area (Å²) in [5, 5.41) is 11.6. The second-order valence-corrected chi connectivity index (χ2v) is 8.63. The molecule has 166 valence electrons. The molecular formula is C26H19N5O2S. The van der Waals surface area contributed by atoms with E-state index in [1.165, 1.54) is 0 Å². The fraction of sp³-hybridized carbons (Fsp3) is 0.0769. The third-order valence-corrected chi connectivity index (χ3v) is 6.42. The number of oxime groups is 1. The van der Waals surface area contributed by atoms with E-state index in [1.807, 2.05) is 73.0 Å². The number of nitrogens with zero attached hydrogens (tertiary/aromatic N) is 5. The van der Waals surface area contributed by atoms with Gasteiger partial charge < -0.3 is 9.25 Å². The molecule has 6 aromatic rings.